The molecule has 0 bridgehead atoms. The van der Waals surface area contributed by atoms with Crippen LogP contribution in [0.15, 0.2) is 80.6 Å². The predicted molar refractivity (Wildman–Crippen MR) is 120 cm³/mol. The minimum Gasteiger partial charge on any atom is -0.211 e. The van der Waals surface area contributed by atoms with Crippen molar-refractivity contribution < 1.29 is 19.2 Å². The first-order valence-electron chi connectivity index (χ1n) is 9.68. The Labute approximate surface area is 188 Å². The zero-order valence-electron chi connectivity index (χ0n) is 17.7. The van der Waals surface area contributed by atoms with Crippen LogP contribution in [-0.4, -0.2) is 24.3 Å². The lowest BCUT2D eigenvalue weighted by atomic mass is 9.74. The largest absolute Gasteiger partial charge is 0.240 e. The molecule has 0 saturated heterocycles. The summed E-state index contributed by atoms with van der Waals surface area (Å²) >= 11 is 0. The van der Waals surface area contributed by atoms with E-state index in [1.807, 2.05) is 0 Å². The second kappa shape index (κ2) is 9.99. The molecule has 0 unspecified atom stereocenters. The van der Waals surface area contributed by atoms with Gasteiger partial charge in [-0.25, -0.2) is 19.2 Å². The minimum atomic E-state index is -1.52. The average Bonchev–Trinajstić information content (AvgIpc) is 2.85. The van der Waals surface area contributed by atoms with Crippen molar-refractivity contribution in [1.29, 1.82) is 0 Å². The zero-order chi connectivity index (χ0) is 23.8. The number of nitrogens with zero attached hydrogens (tertiary/aromatic N) is 4. The standard InChI is InChI=1S/C25H16N4O4/c1-17-18(2)22(26-13-30)24(28-15-32)23(27-14-31)21(17)25(29-16-33,19-9-5-3-6-10-19)20-11-7-4-8-12-20/h3-12H,1-2H3. The molecule has 3 rings (SSSR count). The highest BCUT2D eigenvalue weighted by Gasteiger charge is 2.42. The van der Waals surface area contributed by atoms with Crippen molar-refractivity contribution in [2.24, 2.45) is 20.0 Å². The highest BCUT2D eigenvalue weighted by Crippen LogP contribution is 2.53. The summed E-state index contributed by atoms with van der Waals surface area (Å²) in [6.45, 7) is 3.35. The van der Waals surface area contributed by atoms with Crippen molar-refractivity contribution >= 4 is 41.4 Å². The van der Waals surface area contributed by atoms with E-state index in [1.54, 1.807) is 80.6 Å². The van der Waals surface area contributed by atoms with Gasteiger partial charge < -0.3 is 0 Å². The van der Waals surface area contributed by atoms with Crippen molar-refractivity contribution in [2.45, 2.75) is 19.4 Å². The fourth-order valence-corrected chi connectivity index (χ4v) is 3.95. The Morgan fingerprint density at radius 2 is 1.03 bits per heavy atom. The predicted octanol–water partition coefficient (Wildman–Crippen LogP) is 4.83. The van der Waals surface area contributed by atoms with E-state index in [2.05, 4.69) is 20.0 Å². The molecule has 0 saturated carbocycles. The third-order valence-electron chi connectivity index (χ3n) is 5.41. The van der Waals surface area contributed by atoms with Crippen LogP contribution in [-0.2, 0) is 24.7 Å². The van der Waals surface area contributed by atoms with E-state index in [-0.39, 0.29) is 22.6 Å². The first-order chi connectivity index (χ1) is 16.1. The van der Waals surface area contributed by atoms with Gasteiger partial charge in [-0.2, -0.15) is 20.0 Å². The molecule has 3 aromatic carbocycles. The van der Waals surface area contributed by atoms with Crippen molar-refractivity contribution in [3.05, 3.63) is 88.5 Å². The van der Waals surface area contributed by atoms with Gasteiger partial charge in [0.05, 0.1) is 0 Å². The molecule has 0 radical (unpaired) electrons. The van der Waals surface area contributed by atoms with Crippen LogP contribution >= 0.6 is 0 Å². The molecule has 0 aliphatic heterocycles. The molecule has 0 amide bonds. The van der Waals surface area contributed by atoms with Gasteiger partial charge in [0.15, 0.2) is 5.54 Å². The molecule has 0 spiro atoms. The second-order valence-corrected chi connectivity index (χ2v) is 6.93. The van der Waals surface area contributed by atoms with Crippen LogP contribution in [0.1, 0.15) is 27.8 Å². The Balaban J connectivity index is 2.72. The Morgan fingerprint density at radius 1 is 0.576 bits per heavy atom. The smallest absolute Gasteiger partial charge is 0.211 e. The Bertz CT molecular complexity index is 1350. The average molecular weight is 436 g/mol. The van der Waals surface area contributed by atoms with E-state index in [4.69, 9.17) is 0 Å². The van der Waals surface area contributed by atoms with Gasteiger partial charge in [0.1, 0.15) is 17.1 Å². The molecule has 0 aliphatic rings. The minimum absolute atomic E-state index is 0.00583. The van der Waals surface area contributed by atoms with Gasteiger partial charge in [0, 0.05) is 5.56 Å². The van der Waals surface area contributed by atoms with E-state index in [1.165, 1.54) is 18.2 Å². The highest BCUT2D eigenvalue weighted by atomic mass is 16.1. The fourth-order valence-electron chi connectivity index (χ4n) is 3.95. The van der Waals surface area contributed by atoms with Gasteiger partial charge in [-0.3, -0.25) is 0 Å². The summed E-state index contributed by atoms with van der Waals surface area (Å²) < 4.78 is 0. The Hall–Kier alpha value is -4.82. The molecule has 0 heterocycles. The fraction of sp³-hybridized carbons (Fsp3) is 0.120. The maximum atomic E-state index is 11.8. The molecule has 0 aliphatic carbocycles. The number of hydrogen-bond acceptors (Lipinski definition) is 8. The molecule has 0 atom stereocenters. The van der Waals surface area contributed by atoms with E-state index >= 15 is 0 Å². The third-order valence-corrected chi connectivity index (χ3v) is 5.41. The summed E-state index contributed by atoms with van der Waals surface area (Å²) in [6.07, 6.45) is 5.95. The highest BCUT2D eigenvalue weighted by molar-refractivity contribution is 5.88. The summed E-state index contributed by atoms with van der Waals surface area (Å²) in [4.78, 5) is 61.0. The van der Waals surface area contributed by atoms with Crippen molar-refractivity contribution in [1.82, 2.24) is 0 Å². The van der Waals surface area contributed by atoms with Gasteiger partial charge >= 0.3 is 0 Å². The molecular formula is C25H16N4O4. The zero-order valence-corrected chi connectivity index (χ0v) is 17.7. The van der Waals surface area contributed by atoms with Gasteiger partial charge in [-0.1, -0.05) is 60.7 Å². The van der Waals surface area contributed by atoms with E-state index in [9.17, 15) is 19.2 Å². The lowest BCUT2D eigenvalue weighted by Gasteiger charge is -2.33. The van der Waals surface area contributed by atoms with E-state index in [0.29, 0.717) is 22.3 Å². The van der Waals surface area contributed by atoms with Gasteiger partial charge in [0.2, 0.25) is 24.3 Å². The SMILES string of the molecule is Cc1c(C)c(C(N=C=O)(c2ccccc2)c2ccccc2)c(N=C=O)c(N=C=O)c1N=C=O. The van der Waals surface area contributed by atoms with Crippen LogP contribution in [0, 0.1) is 13.8 Å². The molecule has 0 fully saturated rings. The van der Waals surface area contributed by atoms with Crippen LogP contribution in [0.25, 0.3) is 0 Å². The first-order valence-corrected chi connectivity index (χ1v) is 9.68. The third kappa shape index (κ3) is 3.93. The van der Waals surface area contributed by atoms with Crippen LogP contribution in [0.5, 0.6) is 0 Å². The monoisotopic (exact) mass is 436 g/mol. The van der Waals surface area contributed by atoms with Gasteiger partial charge in [0.25, 0.3) is 0 Å². The lowest BCUT2D eigenvalue weighted by molar-refractivity contribution is 0.549. The number of aliphatic imine (C=N–C) groups is 4. The molecule has 33 heavy (non-hydrogen) atoms. The molecular weight excluding hydrogens is 420 g/mol. The van der Waals surface area contributed by atoms with Crippen LogP contribution < -0.4 is 0 Å². The van der Waals surface area contributed by atoms with E-state index in [0.717, 1.165) is 0 Å². The number of benzene rings is 3. The van der Waals surface area contributed by atoms with Gasteiger partial charge in [-0.05, 0) is 36.1 Å². The van der Waals surface area contributed by atoms with Crippen LogP contribution in [0.3, 0.4) is 0 Å². The number of isocyanates is 4. The summed E-state index contributed by atoms with van der Waals surface area (Å²) in [5.74, 6) is 0. The molecule has 8 heteroatoms. The molecule has 160 valence electrons. The maximum absolute atomic E-state index is 11.8. The maximum Gasteiger partial charge on any atom is 0.240 e. The summed E-state index contributed by atoms with van der Waals surface area (Å²) in [5.41, 5.74) is 0.528. The van der Waals surface area contributed by atoms with Crippen molar-refractivity contribution in [2.75, 3.05) is 0 Å². The lowest BCUT2D eigenvalue weighted by Crippen LogP contribution is -2.28. The molecule has 0 N–H and O–H groups in total. The number of hydrogen-bond donors (Lipinski definition) is 0. The molecule has 3 aromatic rings. The normalized spacial score (nSPS) is 10.1. The Kier molecular flexibility index (Phi) is 6.92. The summed E-state index contributed by atoms with van der Waals surface area (Å²) in [6, 6.07) is 17.7. The topological polar surface area (TPSA) is 118 Å². The van der Waals surface area contributed by atoms with Crippen LogP contribution in [0.4, 0.5) is 17.1 Å². The first kappa shape index (κ1) is 22.9. The van der Waals surface area contributed by atoms with Crippen molar-refractivity contribution in [3.63, 3.8) is 0 Å². The summed E-state index contributed by atoms with van der Waals surface area (Å²) in [5, 5.41) is 0. The second-order valence-electron chi connectivity index (χ2n) is 6.93. The quantitative estimate of drug-likeness (QED) is 0.299. The molecule has 8 nitrogen and oxygen atoms in total. The number of carbonyl (C=O) groups excluding carboxylic acids is 4. The van der Waals surface area contributed by atoms with E-state index < -0.39 is 5.54 Å². The van der Waals surface area contributed by atoms with Gasteiger partial charge in [-0.15, -0.1) is 0 Å². The number of rotatable bonds is 7. The van der Waals surface area contributed by atoms with Crippen molar-refractivity contribution in [3.8, 4) is 0 Å². The summed E-state index contributed by atoms with van der Waals surface area (Å²) in [7, 11) is 0. The Morgan fingerprint density at radius 3 is 1.48 bits per heavy atom. The van der Waals surface area contributed by atoms with Crippen LogP contribution in [0.2, 0.25) is 0 Å². The molecule has 0 aromatic heterocycles.